The molecule has 5 nitrogen and oxygen atoms in total. The first kappa shape index (κ1) is 19.6. The number of benzene rings is 2. The Bertz CT molecular complexity index is 765. The third-order valence-corrected chi connectivity index (χ3v) is 4.09. The zero-order chi connectivity index (χ0) is 19.1. The van der Waals surface area contributed by atoms with Crippen molar-refractivity contribution in [3.05, 3.63) is 47.8 Å². The van der Waals surface area contributed by atoms with Gasteiger partial charge in [-0.15, -0.1) is 0 Å². The summed E-state index contributed by atoms with van der Waals surface area (Å²) in [6.07, 6.45) is 3.26. The maximum Gasteiger partial charge on any atom is 0.340 e. The number of nitrogen functional groups attached to an aromatic ring is 1. The Kier molecular flexibility index (Phi) is 6.83. The molecular formula is C20H25FN2O3. The Labute approximate surface area is 153 Å². The van der Waals surface area contributed by atoms with Crippen LogP contribution in [0.2, 0.25) is 0 Å². The van der Waals surface area contributed by atoms with Crippen LogP contribution in [0.5, 0.6) is 11.5 Å². The molecule has 6 heteroatoms. The summed E-state index contributed by atoms with van der Waals surface area (Å²) in [6.45, 7) is 2.93. The van der Waals surface area contributed by atoms with Gasteiger partial charge in [0.1, 0.15) is 17.3 Å². The molecule has 140 valence electrons. The molecule has 0 heterocycles. The molecule has 0 atom stereocenters. The van der Waals surface area contributed by atoms with E-state index in [9.17, 15) is 9.18 Å². The average Bonchev–Trinajstić information content (AvgIpc) is 2.63. The second kappa shape index (κ2) is 9.08. The van der Waals surface area contributed by atoms with Gasteiger partial charge in [0.15, 0.2) is 0 Å². The van der Waals surface area contributed by atoms with Gasteiger partial charge in [0.2, 0.25) is 0 Å². The minimum atomic E-state index is -0.553. The lowest BCUT2D eigenvalue weighted by Gasteiger charge is -2.20. The number of carbonyl (C=O) groups is 1. The number of hydrogen-bond donors (Lipinski definition) is 1. The number of unbranched alkanes of at least 4 members (excludes halogenated alkanes) is 2. The molecule has 0 unspecified atom stereocenters. The maximum absolute atomic E-state index is 14.4. The highest BCUT2D eigenvalue weighted by Gasteiger charge is 2.13. The molecule has 26 heavy (non-hydrogen) atoms. The lowest BCUT2D eigenvalue weighted by molar-refractivity contribution is 0.0601. The van der Waals surface area contributed by atoms with E-state index in [0.29, 0.717) is 22.9 Å². The zero-order valence-electron chi connectivity index (χ0n) is 15.4. The van der Waals surface area contributed by atoms with Gasteiger partial charge < -0.3 is 20.1 Å². The SMILES string of the molecule is CCCCCN(C)c1ccc(Oc2ccc(N)c(C(=O)OC)c2)cc1F. The van der Waals surface area contributed by atoms with Crippen molar-refractivity contribution in [1.29, 1.82) is 0 Å². The smallest absolute Gasteiger partial charge is 0.340 e. The van der Waals surface area contributed by atoms with E-state index in [1.54, 1.807) is 24.3 Å². The van der Waals surface area contributed by atoms with E-state index < -0.39 is 5.97 Å². The molecule has 0 aliphatic rings. The van der Waals surface area contributed by atoms with Gasteiger partial charge in [-0.2, -0.15) is 0 Å². The minimum absolute atomic E-state index is 0.206. The van der Waals surface area contributed by atoms with Gasteiger partial charge in [-0.25, -0.2) is 9.18 Å². The topological polar surface area (TPSA) is 64.8 Å². The van der Waals surface area contributed by atoms with Crippen LogP contribution in [-0.4, -0.2) is 26.7 Å². The van der Waals surface area contributed by atoms with E-state index >= 15 is 0 Å². The quantitative estimate of drug-likeness (QED) is 0.423. The van der Waals surface area contributed by atoms with Crippen LogP contribution >= 0.6 is 0 Å². The van der Waals surface area contributed by atoms with Gasteiger partial charge in [-0.05, 0) is 36.8 Å². The average molecular weight is 360 g/mol. The molecule has 2 aromatic carbocycles. The van der Waals surface area contributed by atoms with Gasteiger partial charge >= 0.3 is 5.97 Å². The highest BCUT2D eigenvalue weighted by Crippen LogP contribution is 2.29. The van der Waals surface area contributed by atoms with Crippen LogP contribution in [0.1, 0.15) is 36.5 Å². The second-order valence-electron chi connectivity index (χ2n) is 6.08. The summed E-state index contributed by atoms with van der Waals surface area (Å²) in [7, 11) is 3.15. The summed E-state index contributed by atoms with van der Waals surface area (Å²) in [5, 5.41) is 0. The van der Waals surface area contributed by atoms with Crippen molar-refractivity contribution in [1.82, 2.24) is 0 Å². The molecular weight excluding hydrogens is 335 g/mol. The van der Waals surface area contributed by atoms with Gasteiger partial charge in [0.25, 0.3) is 0 Å². The van der Waals surface area contributed by atoms with E-state index in [0.717, 1.165) is 25.8 Å². The van der Waals surface area contributed by atoms with Crippen LogP contribution in [-0.2, 0) is 4.74 Å². The predicted octanol–water partition coefficient (Wildman–Crippen LogP) is 4.61. The third-order valence-electron chi connectivity index (χ3n) is 4.09. The van der Waals surface area contributed by atoms with Crippen molar-refractivity contribution < 1.29 is 18.7 Å². The number of ether oxygens (including phenoxy) is 2. The normalized spacial score (nSPS) is 10.5. The molecule has 0 aromatic heterocycles. The molecule has 0 radical (unpaired) electrons. The minimum Gasteiger partial charge on any atom is -0.465 e. The fourth-order valence-corrected chi connectivity index (χ4v) is 2.60. The van der Waals surface area contributed by atoms with Crippen LogP contribution in [0.3, 0.4) is 0 Å². The molecule has 0 spiro atoms. The number of nitrogens with zero attached hydrogens (tertiary/aromatic N) is 1. The summed E-state index contributed by atoms with van der Waals surface area (Å²) in [6, 6.07) is 9.36. The summed E-state index contributed by atoms with van der Waals surface area (Å²) in [4.78, 5) is 13.6. The Balaban J connectivity index is 2.13. The van der Waals surface area contributed by atoms with Crippen LogP contribution < -0.4 is 15.4 Å². The molecule has 0 amide bonds. The summed E-state index contributed by atoms with van der Waals surface area (Å²) >= 11 is 0. The number of nitrogens with two attached hydrogens (primary N) is 1. The standard InChI is InChI=1S/C20H25FN2O3/c1-4-5-6-11-23(2)19-10-8-15(13-17(19)21)26-14-7-9-18(22)16(12-14)20(24)25-3/h7-10,12-13H,4-6,11,22H2,1-3H3. The number of esters is 1. The van der Waals surface area contributed by atoms with E-state index in [4.69, 9.17) is 10.5 Å². The molecule has 0 saturated heterocycles. The maximum atomic E-state index is 14.4. The largest absolute Gasteiger partial charge is 0.465 e. The third kappa shape index (κ3) is 4.88. The Morgan fingerprint density at radius 2 is 1.85 bits per heavy atom. The molecule has 2 N–H and O–H groups in total. The van der Waals surface area contributed by atoms with Crippen molar-refractivity contribution in [2.24, 2.45) is 0 Å². The first-order chi connectivity index (χ1) is 12.5. The highest BCUT2D eigenvalue weighted by molar-refractivity contribution is 5.95. The van der Waals surface area contributed by atoms with Crippen molar-refractivity contribution in [3.63, 3.8) is 0 Å². The number of halogens is 1. The first-order valence-electron chi connectivity index (χ1n) is 8.62. The van der Waals surface area contributed by atoms with Gasteiger partial charge in [-0.3, -0.25) is 0 Å². The summed E-state index contributed by atoms with van der Waals surface area (Å²) < 4.78 is 24.8. The molecule has 0 bridgehead atoms. The lowest BCUT2D eigenvalue weighted by atomic mass is 10.1. The summed E-state index contributed by atoms with van der Waals surface area (Å²) in [5.74, 6) is -0.190. The van der Waals surface area contributed by atoms with E-state index in [2.05, 4.69) is 11.7 Å². The number of hydrogen-bond acceptors (Lipinski definition) is 5. The molecule has 0 saturated carbocycles. The van der Waals surface area contributed by atoms with Crippen molar-refractivity contribution in [3.8, 4) is 11.5 Å². The lowest BCUT2D eigenvalue weighted by Crippen LogP contribution is -2.19. The van der Waals surface area contributed by atoms with Gasteiger partial charge in [0, 0.05) is 25.3 Å². The van der Waals surface area contributed by atoms with Gasteiger partial charge in [-0.1, -0.05) is 19.8 Å². The van der Waals surface area contributed by atoms with Crippen LogP contribution in [0.25, 0.3) is 0 Å². The van der Waals surface area contributed by atoms with E-state index in [-0.39, 0.29) is 11.4 Å². The fourth-order valence-electron chi connectivity index (χ4n) is 2.60. The Hall–Kier alpha value is -2.76. The monoisotopic (exact) mass is 360 g/mol. The Morgan fingerprint density at radius 1 is 1.15 bits per heavy atom. The van der Waals surface area contributed by atoms with Crippen LogP contribution in [0, 0.1) is 5.82 Å². The zero-order valence-corrected chi connectivity index (χ0v) is 15.4. The first-order valence-corrected chi connectivity index (χ1v) is 8.62. The second-order valence-corrected chi connectivity index (χ2v) is 6.08. The van der Waals surface area contributed by atoms with E-state index in [1.807, 2.05) is 11.9 Å². The number of rotatable bonds is 8. The van der Waals surface area contributed by atoms with Crippen LogP contribution in [0.15, 0.2) is 36.4 Å². The molecule has 0 aliphatic heterocycles. The van der Waals surface area contributed by atoms with Crippen LogP contribution in [0.4, 0.5) is 15.8 Å². The number of anilines is 2. The van der Waals surface area contributed by atoms with E-state index in [1.165, 1.54) is 19.2 Å². The van der Waals surface area contributed by atoms with Crippen molar-refractivity contribution >= 4 is 17.3 Å². The number of carbonyl (C=O) groups excluding carboxylic acids is 1. The molecule has 0 fully saturated rings. The van der Waals surface area contributed by atoms with Crippen molar-refractivity contribution in [2.75, 3.05) is 31.3 Å². The predicted molar refractivity (Wildman–Crippen MR) is 101 cm³/mol. The van der Waals surface area contributed by atoms with Crippen molar-refractivity contribution in [2.45, 2.75) is 26.2 Å². The fraction of sp³-hybridized carbons (Fsp3) is 0.350. The number of methoxy groups -OCH3 is 1. The summed E-state index contributed by atoms with van der Waals surface area (Å²) in [5.41, 5.74) is 6.79. The molecule has 2 rings (SSSR count). The Morgan fingerprint density at radius 3 is 2.50 bits per heavy atom. The van der Waals surface area contributed by atoms with Gasteiger partial charge in [0.05, 0.1) is 18.4 Å². The highest BCUT2D eigenvalue weighted by atomic mass is 19.1. The molecule has 2 aromatic rings. The molecule has 0 aliphatic carbocycles.